The Balaban J connectivity index is 1.75. The molecular weight excluding hydrogens is 424 g/mol. The zero-order valence-electron chi connectivity index (χ0n) is 16.5. The maximum absolute atomic E-state index is 12.9. The van der Waals surface area contributed by atoms with E-state index in [9.17, 15) is 13.2 Å². The zero-order chi connectivity index (χ0) is 21.7. The lowest BCUT2D eigenvalue weighted by Crippen LogP contribution is -2.19. The largest absolute Gasteiger partial charge is 0.497 e. The average molecular weight is 445 g/mol. The number of ether oxygens (including phenoxy) is 1. The Bertz CT molecular complexity index is 1140. The topological polar surface area (TPSA) is 84.5 Å². The second-order valence-corrected chi connectivity index (χ2v) is 9.07. The third-order valence-corrected chi connectivity index (χ3v) is 6.47. The van der Waals surface area contributed by atoms with Gasteiger partial charge < -0.3 is 15.4 Å². The number of carbonyl (C=O) groups is 1. The summed E-state index contributed by atoms with van der Waals surface area (Å²) in [5.41, 5.74) is 2.19. The maximum atomic E-state index is 12.9. The van der Waals surface area contributed by atoms with Gasteiger partial charge in [0, 0.05) is 16.4 Å². The SMILES string of the molecule is COc1ccc(NC(=O)Nc2ccc(C)c(S(=O)(=O)Cc3ccc(Cl)cc3)c2)cc1. The molecule has 0 saturated carbocycles. The molecule has 0 unspecified atom stereocenters. The van der Waals surface area contributed by atoms with Crippen molar-refractivity contribution >= 4 is 38.8 Å². The molecule has 0 saturated heterocycles. The van der Waals surface area contributed by atoms with Crippen LogP contribution in [-0.4, -0.2) is 21.6 Å². The number of hydrogen-bond donors (Lipinski definition) is 2. The molecule has 3 aromatic carbocycles. The highest BCUT2D eigenvalue weighted by atomic mass is 35.5. The molecule has 2 amide bonds. The Hall–Kier alpha value is -3.03. The minimum absolute atomic E-state index is 0.160. The highest BCUT2D eigenvalue weighted by Crippen LogP contribution is 2.25. The van der Waals surface area contributed by atoms with Crippen molar-refractivity contribution in [2.75, 3.05) is 17.7 Å². The van der Waals surface area contributed by atoms with Crippen LogP contribution in [0, 0.1) is 6.92 Å². The Labute approximate surface area is 180 Å². The number of benzene rings is 3. The molecule has 2 N–H and O–H groups in total. The smallest absolute Gasteiger partial charge is 0.323 e. The Morgan fingerprint density at radius 2 is 1.53 bits per heavy atom. The van der Waals surface area contributed by atoms with Crippen LogP contribution in [0.3, 0.4) is 0 Å². The number of sulfone groups is 1. The van der Waals surface area contributed by atoms with Gasteiger partial charge in [0.15, 0.2) is 9.84 Å². The predicted octanol–water partition coefficient (Wildman–Crippen LogP) is 5.27. The van der Waals surface area contributed by atoms with E-state index in [1.54, 1.807) is 74.7 Å². The molecule has 156 valence electrons. The van der Waals surface area contributed by atoms with Gasteiger partial charge in [0.2, 0.25) is 0 Å². The second-order valence-electron chi connectivity index (χ2n) is 6.67. The summed E-state index contributed by atoms with van der Waals surface area (Å²) in [7, 11) is -2.05. The molecule has 3 rings (SSSR count). The molecule has 0 heterocycles. The van der Waals surface area contributed by atoms with Gasteiger partial charge in [-0.05, 0) is 66.6 Å². The van der Waals surface area contributed by atoms with E-state index >= 15 is 0 Å². The van der Waals surface area contributed by atoms with E-state index in [0.29, 0.717) is 33.3 Å². The third-order valence-electron chi connectivity index (χ3n) is 4.40. The van der Waals surface area contributed by atoms with Gasteiger partial charge in [0.1, 0.15) is 5.75 Å². The van der Waals surface area contributed by atoms with Crippen LogP contribution in [-0.2, 0) is 15.6 Å². The molecule has 6 nitrogen and oxygen atoms in total. The van der Waals surface area contributed by atoms with Gasteiger partial charge in [-0.25, -0.2) is 13.2 Å². The van der Waals surface area contributed by atoms with Crippen LogP contribution < -0.4 is 15.4 Å². The van der Waals surface area contributed by atoms with Crippen LogP contribution in [0.25, 0.3) is 0 Å². The van der Waals surface area contributed by atoms with E-state index < -0.39 is 15.9 Å². The summed E-state index contributed by atoms with van der Waals surface area (Å²) in [4.78, 5) is 12.5. The van der Waals surface area contributed by atoms with Crippen LogP contribution in [0.2, 0.25) is 5.02 Å². The van der Waals surface area contributed by atoms with Crippen LogP contribution in [0.5, 0.6) is 5.75 Å². The number of halogens is 1. The minimum atomic E-state index is -3.61. The van der Waals surface area contributed by atoms with Crippen LogP contribution in [0.1, 0.15) is 11.1 Å². The fourth-order valence-corrected chi connectivity index (χ4v) is 4.64. The second kappa shape index (κ2) is 9.19. The summed E-state index contributed by atoms with van der Waals surface area (Å²) >= 11 is 5.87. The number of methoxy groups -OCH3 is 1. The molecule has 0 radical (unpaired) electrons. The normalized spacial score (nSPS) is 11.0. The van der Waals surface area contributed by atoms with Gasteiger partial charge in [-0.2, -0.15) is 0 Å². The van der Waals surface area contributed by atoms with Crippen molar-refractivity contribution in [1.82, 2.24) is 0 Å². The molecule has 0 aromatic heterocycles. The molecule has 30 heavy (non-hydrogen) atoms. The number of urea groups is 1. The first-order chi connectivity index (χ1) is 14.3. The third kappa shape index (κ3) is 5.52. The highest BCUT2D eigenvalue weighted by Gasteiger charge is 2.19. The molecular formula is C22H21ClN2O4S. The van der Waals surface area contributed by atoms with Crippen molar-refractivity contribution in [1.29, 1.82) is 0 Å². The number of rotatable bonds is 6. The van der Waals surface area contributed by atoms with Crippen molar-refractivity contribution < 1.29 is 17.9 Å². The highest BCUT2D eigenvalue weighted by molar-refractivity contribution is 7.90. The van der Waals surface area contributed by atoms with Gasteiger partial charge in [0.05, 0.1) is 17.8 Å². The van der Waals surface area contributed by atoms with Crippen molar-refractivity contribution in [2.24, 2.45) is 0 Å². The first kappa shape index (κ1) is 21.7. The lowest BCUT2D eigenvalue weighted by molar-refractivity contribution is 0.262. The minimum Gasteiger partial charge on any atom is -0.497 e. The fourth-order valence-electron chi connectivity index (χ4n) is 2.86. The standard InChI is InChI=1S/C22H21ClN2O4S/c1-15-3-8-19(25-22(26)24-18-9-11-20(29-2)12-10-18)13-21(15)30(27,28)14-16-4-6-17(23)7-5-16/h3-13H,14H2,1-2H3,(H2,24,25,26). The van der Waals surface area contributed by atoms with E-state index in [2.05, 4.69) is 10.6 Å². The van der Waals surface area contributed by atoms with Crippen molar-refractivity contribution in [3.63, 3.8) is 0 Å². The average Bonchev–Trinajstić information content (AvgIpc) is 2.71. The number of carbonyl (C=O) groups excluding carboxylic acids is 1. The first-order valence-electron chi connectivity index (χ1n) is 9.07. The van der Waals surface area contributed by atoms with Crippen molar-refractivity contribution in [3.8, 4) is 5.75 Å². The van der Waals surface area contributed by atoms with Crippen LogP contribution in [0.15, 0.2) is 71.6 Å². The Morgan fingerprint density at radius 3 is 2.17 bits per heavy atom. The van der Waals surface area contributed by atoms with Gasteiger partial charge in [-0.15, -0.1) is 0 Å². The van der Waals surface area contributed by atoms with Crippen molar-refractivity contribution in [3.05, 3.63) is 82.9 Å². The van der Waals surface area contributed by atoms with Crippen molar-refractivity contribution in [2.45, 2.75) is 17.6 Å². The molecule has 0 aliphatic rings. The van der Waals surface area contributed by atoms with E-state index in [4.69, 9.17) is 16.3 Å². The lowest BCUT2D eigenvalue weighted by atomic mass is 10.2. The van der Waals surface area contributed by atoms with E-state index in [0.717, 1.165) is 0 Å². The number of amides is 2. The summed E-state index contributed by atoms with van der Waals surface area (Å²) < 4.78 is 30.9. The van der Waals surface area contributed by atoms with Crippen LogP contribution >= 0.6 is 11.6 Å². The summed E-state index contributed by atoms with van der Waals surface area (Å²) in [5.74, 6) is 0.516. The molecule has 0 aliphatic carbocycles. The van der Waals surface area contributed by atoms with Gasteiger partial charge in [0.25, 0.3) is 0 Å². The number of anilines is 2. The maximum Gasteiger partial charge on any atom is 0.323 e. The lowest BCUT2D eigenvalue weighted by Gasteiger charge is -2.12. The molecule has 0 bridgehead atoms. The zero-order valence-corrected chi connectivity index (χ0v) is 18.0. The summed E-state index contributed by atoms with van der Waals surface area (Å²) in [6, 6.07) is 17.8. The Morgan fingerprint density at radius 1 is 0.933 bits per heavy atom. The first-order valence-corrected chi connectivity index (χ1v) is 11.1. The molecule has 0 fully saturated rings. The molecule has 0 atom stereocenters. The summed E-state index contributed by atoms with van der Waals surface area (Å²) in [6.07, 6.45) is 0. The fraction of sp³-hybridized carbons (Fsp3) is 0.136. The molecule has 0 spiro atoms. The van der Waals surface area contributed by atoms with Gasteiger partial charge in [-0.1, -0.05) is 29.8 Å². The predicted molar refractivity (Wildman–Crippen MR) is 119 cm³/mol. The van der Waals surface area contributed by atoms with Crippen LogP contribution in [0.4, 0.5) is 16.2 Å². The van der Waals surface area contributed by atoms with Gasteiger partial charge in [-0.3, -0.25) is 0 Å². The number of nitrogens with one attached hydrogen (secondary N) is 2. The quantitative estimate of drug-likeness (QED) is 0.542. The molecule has 3 aromatic rings. The van der Waals surface area contributed by atoms with E-state index in [1.165, 1.54) is 6.07 Å². The van der Waals surface area contributed by atoms with E-state index in [1.807, 2.05) is 0 Å². The summed E-state index contributed by atoms with van der Waals surface area (Å²) in [5, 5.41) is 5.90. The molecule has 0 aliphatic heterocycles. The molecule has 8 heteroatoms. The van der Waals surface area contributed by atoms with Gasteiger partial charge >= 0.3 is 6.03 Å². The Kier molecular flexibility index (Phi) is 6.64. The number of aryl methyl sites for hydroxylation is 1. The summed E-state index contributed by atoms with van der Waals surface area (Å²) in [6.45, 7) is 1.72. The van der Waals surface area contributed by atoms with E-state index in [-0.39, 0.29) is 10.6 Å². The monoisotopic (exact) mass is 444 g/mol. The number of hydrogen-bond acceptors (Lipinski definition) is 4.